The molecule has 3 heterocycles. The number of ketones is 1. The molecule has 1 aromatic carbocycles. The van der Waals surface area contributed by atoms with Gasteiger partial charge in [0.1, 0.15) is 27.5 Å². The summed E-state index contributed by atoms with van der Waals surface area (Å²) >= 11 is 14.8. The molecular weight excluding hydrogens is 437 g/mol. The van der Waals surface area contributed by atoms with Crippen LogP contribution in [0.1, 0.15) is 28.6 Å². The fraction of sp³-hybridized carbons (Fsp3) is 0.158. The summed E-state index contributed by atoms with van der Waals surface area (Å²) in [5.41, 5.74) is 0.677. The number of halogens is 2. The standard InChI is InChI=1S/C19H13Cl2N3O2S2/c1-2-15-23-24-19(28-15)16-17(25)14(27-18(16)22)8-10-4-6-13(26-10)11-7-9(20)3-5-12(11)21/h3-8,16,22H,2H2,1H3. The molecule has 0 amide bonds. The van der Waals surface area contributed by atoms with Crippen LogP contribution in [0.3, 0.4) is 0 Å². The van der Waals surface area contributed by atoms with Crippen LogP contribution in [-0.4, -0.2) is 21.0 Å². The summed E-state index contributed by atoms with van der Waals surface area (Å²) in [6.45, 7) is 1.98. The number of hydrogen-bond donors (Lipinski definition) is 1. The number of thioether (sulfide) groups is 1. The van der Waals surface area contributed by atoms with Crippen molar-refractivity contribution in [2.75, 3.05) is 0 Å². The van der Waals surface area contributed by atoms with Crippen LogP contribution >= 0.6 is 46.3 Å². The summed E-state index contributed by atoms with van der Waals surface area (Å²) in [6, 6.07) is 8.66. The zero-order valence-electron chi connectivity index (χ0n) is 14.5. The lowest BCUT2D eigenvalue weighted by Gasteiger charge is -2.01. The van der Waals surface area contributed by atoms with Gasteiger partial charge in [0.25, 0.3) is 0 Å². The Morgan fingerprint density at radius 3 is 2.82 bits per heavy atom. The first kappa shape index (κ1) is 19.4. The predicted octanol–water partition coefficient (Wildman–Crippen LogP) is 6.09. The van der Waals surface area contributed by atoms with E-state index in [1.807, 2.05) is 6.92 Å². The SMILES string of the molecule is CCc1nnc(C2C(=N)SC(=Cc3ccc(-c4cc(Cl)ccc4Cl)o3)C2=O)s1. The second-order valence-corrected chi connectivity index (χ2v) is 9.01. The molecule has 28 heavy (non-hydrogen) atoms. The summed E-state index contributed by atoms with van der Waals surface area (Å²) in [5, 5.41) is 19.1. The number of rotatable bonds is 4. The van der Waals surface area contributed by atoms with Crippen molar-refractivity contribution in [1.82, 2.24) is 10.2 Å². The van der Waals surface area contributed by atoms with Gasteiger partial charge in [-0.2, -0.15) is 0 Å². The first-order valence-electron chi connectivity index (χ1n) is 8.36. The van der Waals surface area contributed by atoms with Gasteiger partial charge < -0.3 is 4.42 Å². The normalized spacial score (nSPS) is 18.4. The quantitative estimate of drug-likeness (QED) is 0.487. The Morgan fingerprint density at radius 2 is 2.07 bits per heavy atom. The Kier molecular flexibility index (Phi) is 5.42. The van der Waals surface area contributed by atoms with Gasteiger partial charge in [0.05, 0.1) is 15.0 Å². The van der Waals surface area contributed by atoms with Crippen LogP contribution < -0.4 is 0 Å². The number of allylic oxidation sites excluding steroid dienone is 1. The summed E-state index contributed by atoms with van der Waals surface area (Å²) < 4.78 is 5.83. The van der Waals surface area contributed by atoms with Gasteiger partial charge in [-0.15, -0.1) is 21.5 Å². The highest BCUT2D eigenvalue weighted by Crippen LogP contribution is 2.42. The van der Waals surface area contributed by atoms with Crippen molar-refractivity contribution in [3.05, 3.63) is 61.1 Å². The van der Waals surface area contributed by atoms with E-state index >= 15 is 0 Å². The van der Waals surface area contributed by atoms with E-state index in [0.29, 0.717) is 37.0 Å². The van der Waals surface area contributed by atoms with Gasteiger partial charge in [0.2, 0.25) is 0 Å². The molecular formula is C19H13Cl2N3O2S2. The molecule has 3 aromatic rings. The highest BCUT2D eigenvalue weighted by Gasteiger charge is 2.39. The van der Waals surface area contributed by atoms with E-state index in [2.05, 4.69) is 10.2 Å². The summed E-state index contributed by atoms with van der Waals surface area (Å²) in [7, 11) is 0. The van der Waals surface area contributed by atoms with Crippen LogP contribution in [0.5, 0.6) is 0 Å². The average Bonchev–Trinajstić information content (AvgIpc) is 3.38. The highest BCUT2D eigenvalue weighted by molar-refractivity contribution is 8.19. The lowest BCUT2D eigenvalue weighted by Crippen LogP contribution is -2.11. The number of nitrogens with one attached hydrogen (secondary N) is 1. The molecule has 0 spiro atoms. The number of Topliss-reactive ketones (excluding diaryl/α,β-unsaturated/α-hetero) is 1. The first-order chi connectivity index (χ1) is 13.5. The molecule has 5 nitrogen and oxygen atoms in total. The first-order valence-corrected chi connectivity index (χ1v) is 10.7. The zero-order chi connectivity index (χ0) is 19.8. The Labute approximate surface area is 179 Å². The molecule has 2 aromatic heterocycles. The third-order valence-electron chi connectivity index (χ3n) is 4.11. The van der Waals surface area contributed by atoms with Crippen molar-refractivity contribution in [1.29, 1.82) is 5.41 Å². The number of nitrogens with zero attached hydrogens (tertiary/aromatic N) is 2. The van der Waals surface area contributed by atoms with E-state index in [-0.39, 0.29) is 10.8 Å². The maximum absolute atomic E-state index is 12.8. The van der Waals surface area contributed by atoms with E-state index in [1.54, 1.807) is 36.4 Å². The largest absolute Gasteiger partial charge is 0.457 e. The van der Waals surface area contributed by atoms with Gasteiger partial charge in [0, 0.05) is 10.6 Å². The Bertz CT molecular complexity index is 1120. The Hall–Kier alpha value is -1.93. The van der Waals surface area contributed by atoms with E-state index in [9.17, 15) is 4.79 Å². The minimum Gasteiger partial charge on any atom is -0.457 e. The Balaban J connectivity index is 1.61. The summed E-state index contributed by atoms with van der Waals surface area (Å²) in [4.78, 5) is 13.3. The number of carbonyl (C=O) groups excluding carboxylic acids is 1. The topological polar surface area (TPSA) is 79.8 Å². The van der Waals surface area contributed by atoms with Crippen LogP contribution in [0.2, 0.25) is 10.0 Å². The lowest BCUT2D eigenvalue weighted by molar-refractivity contribution is -0.114. The molecule has 1 aliphatic rings. The fourth-order valence-corrected chi connectivity index (χ4v) is 5.05. The van der Waals surface area contributed by atoms with Gasteiger partial charge >= 0.3 is 0 Å². The monoisotopic (exact) mass is 449 g/mol. The average molecular weight is 450 g/mol. The molecule has 0 aliphatic carbocycles. The number of furan rings is 1. The molecule has 0 radical (unpaired) electrons. The van der Waals surface area contributed by atoms with Crippen LogP contribution in [0.25, 0.3) is 17.4 Å². The maximum atomic E-state index is 12.8. The molecule has 1 atom stereocenters. The van der Waals surface area contributed by atoms with E-state index in [0.717, 1.165) is 23.2 Å². The van der Waals surface area contributed by atoms with E-state index in [1.165, 1.54) is 11.3 Å². The lowest BCUT2D eigenvalue weighted by atomic mass is 10.1. The number of benzene rings is 1. The van der Waals surface area contributed by atoms with Gasteiger partial charge in [-0.25, -0.2) is 0 Å². The molecule has 9 heteroatoms. The number of aryl methyl sites for hydroxylation is 1. The minimum atomic E-state index is -0.675. The smallest absolute Gasteiger partial charge is 0.186 e. The van der Waals surface area contributed by atoms with E-state index in [4.69, 9.17) is 33.0 Å². The van der Waals surface area contributed by atoms with Gasteiger partial charge in [0.15, 0.2) is 5.78 Å². The van der Waals surface area contributed by atoms with E-state index < -0.39 is 5.92 Å². The summed E-state index contributed by atoms with van der Waals surface area (Å²) in [5.74, 6) is 0.221. The van der Waals surface area contributed by atoms with Crippen LogP contribution in [0.4, 0.5) is 0 Å². The van der Waals surface area contributed by atoms with Crippen molar-refractivity contribution in [2.45, 2.75) is 19.3 Å². The second kappa shape index (κ2) is 7.83. The fourth-order valence-electron chi connectivity index (χ4n) is 2.73. The van der Waals surface area contributed by atoms with Crippen molar-refractivity contribution >= 4 is 63.2 Å². The molecule has 142 valence electrons. The van der Waals surface area contributed by atoms with Crippen molar-refractivity contribution in [3.63, 3.8) is 0 Å². The highest BCUT2D eigenvalue weighted by atomic mass is 35.5. The molecule has 0 bridgehead atoms. The molecule has 1 saturated heterocycles. The number of carbonyl (C=O) groups is 1. The Morgan fingerprint density at radius 1 is 1.25 bits per heavy atom. The van der Waals surface area contributed by atoms with Crippen molar-refractivity contribution in [3.8, 4) is 11.3 Å². The number of hydrogen-bond acceptors (Lipinski definition) is 7. The maximum Gasteiger partial charge on any atom is 0.186 e. The molecule has 1 N–H and O–H groups in total. The summed E-state index contributed by atoms with van der Waals surface area (Å²) in [6.07, 6.45) is 2.40. The van der Waals surface area contributed by atoms with Gasteiger partial charge in [-0.1, -0.05) is 41.9 Å². The van der Waals surface area contributed by atoms with Gasteiger partial charge in [-0.05, 0) is 42.8 Å². The van der Waals surface area contributed by atoms with Crippen LogP contribution in [0.15, 0.2) is 39.7 Å². The number of aromatic nitrogens is 2. The molecule has 4 rings (SSSR count). The molecule has 0 saturated carbocycles. The predicted molar refractivity (Wildman–Crippen MR) is 114 cm³/mol. The van der Waals surface area contributed by atoms with Crippen LogP contribution in [-0.2, 0) is 11.2 Å². The minimum absolute atomic E-state index is 0.160. The van der Waals surface area contributed by atoms with Crippen molar-refractivity contribution in [2.24, 2.45) is 0 Å². The molecule has 1 aliphatic heterocycles. The van der Waals surface area contributed by atoms with Crippen molar-refractivity contribution < 1.29 is 9.21 Å². The van der Waals surface area contributed by atoms with Gasteiger partial charge in [-0.3, -0.25) is 10.2 Å². The zero-order valence-corrected chi connectivity index (χ0v) is 17.7. The second-order valence-electron chi connectivity index (χ2n) is 5.99. The molecule has 1 unspecified atom stereocenters. The third kappa shape index (κ3) is 3.67. The molecule has 1 fully saturated rings. The third-order valence-corrected chi connectivity index (χ3v) is 6.80. The van der Waals surface area contributed by atoms with Crippen LogP contribution in [0, 0.1) is 5.41 Å².